The fourth-order valence-corrected chi connectivity index (χ4v) is 4.14. The second kappa shape index (κ2) is 7.69. The van der Waals surface area contributed by atoms with E-state index >= 15 is 0 Å². The molecule has 1 aliphatic heterocycles. The second-order valence-electron chi connectivity index (χ2n) is 7.56. The highest BCUT2D eigenvalue weighted by Crippen LogP contribution is 2.33. The number of benzene rings is 1. The molecular formula is C18H20N4O7S2. The quantitative estimate of drug-likeness (QED) is 0.429. The molecular weight excluding hydrogens is 448 g/mol. The van der Waals surface area contributed by atoms with Crippen LogP contribution in [0.15, 0.2) is 40.4 Å². The van der Waals surface area contributed by atoms with E-state index in [4.69, 9.17) is 0 Å². The summed E-state index contributed by atoms with van der Waals surface area (Å²) < 4.78 is 68.7. The Hall–Kier alpha value is -2.84. The average Bonchev–Trinajstić information content (AvgIpc) is 3.11. The molecule has 11 nitrogen and oxygen atoms in total. The van der Waals surface area contributed by atoms with Crippen LogP contribution in [-0.2, 0) is 20.4 Å². The van der Waals surface area contributed by atoms with Crippen LogP contribution in [0.2, 0.25) is 0 Å². The average molecular weight is 469 g/mol. The Morgan fingerprint density at radius 3 is 2.16 bits per heavy atom. The van der Waals surface area contributed by atoms with E-state index in [1.165, 1.54) is 36.6 Å². The third kappa shape index (κ3) is 4.60. The van der Waals surface area contributed by atoms with Crippen LogP contribution >= 0.6 is 0 Å². The van der Waals surface area contributed by atoms with Gasteiger partial charge in [-0.05, 0) is 39.0 Å². The zero-order valence-corrected chi connectivity index (χ0v) is 18.3. The first-order valence-corrected chi connectivity index (χ1v) is 11.6. The smallest absolute Gasteiger partial charge is 0.288 e. The molecule has 1 aliphatic rings. The first-order valence-electron chi connectivity index (χ1n) is 8.80. The minimum atomic E-state index is -4.99. The van der Waals surface area contributed by atoms with Gasteiger partial charge >= 0.3 is 20.4 Å². The van der Waals surface area contributed by atoms with Crippen molar-refractivity contribution in [2.24, 2.45) is 4.99 Å². The lowest BCUT2D eigenvalue weighted by molar-refractivity contribution is -0.0907. The standard InChI is InChI=1S/C18H20N4O7S2/c1-18(2,3)21(23)11-14-13-9-10-19-15(13)16(20-17(14)30(24,25)26)22(31(27,28)29)12-7-5-4-6-8-12/h4-11,23H,1-3H3,(H,24,25,26)(H,27,28,29). The molecule has 0 saturated carbocycles. The van der Waals surface area contributed by atoms with E-state index in [0.29, 0.717) is 4.31 Å². The van der Waals surface area contributed by atoms with Gasteiger partial charge in [-0.3, -0.25) is 24.4 Å². The van der Waals surface area contributed by atoms with E-state index in [9.17, 15) is 31.1 Å². The molecule has 1 aromatic carbocycles. The normalized spacial score (nSPS) is 14.3. The van der Waals surface area contributed by atoms with Crippen LogP contribution in [-0.4, -0.2) is 52.9 Å². The van der Waals surface area contributed by atoms with Gasteiger partial charge in [0.15, 0.2) is 10.8 Å². The molecule has 1 aromatic heterocycles. The van der Waals surface area contributed by atoms with E-state index in [2.05, 4.69) is 9.98 Å². The summed E-state index contributed by atoms with van der Waals surface area (Å²) in [6.07, 6.45) is 3.68. The monoisotopic (exact) mass is 468 g/mol. The lowest BCUT2D eigenvalue weighted by Gasteiger charge is -2.28. The summed E-state index contributed by atoms with van der Waals surface area (Å²) in [6.45, 7) is 4.94. The Labute approximate surface area is 178 Å². The Bertz CT molecular complexity index is 1380. The van der Waals surface area contributed by atoms with Crippen LogP contribution in [0.25, 0.3) is 12.3 Å². The minimum absolute atomic E-state index is 0.0432. The van der Waals surface area contributed by atoms with Crippen LogP contribution in [0, 0.1) is 0 Å². The van der Waals surface area contributed by atoms with E-state index in [1.807, 2.05) is 0 Å². The molecule has 0 saturated heterocycles. The molecule has 0 aliphatic carbocycles. The number of para-hydroxylation sites is 1. The number of aliphatic imine (C=N–C) groups is 1. The van der Waals surface area contributed by atoms with Crippen LogP contribution in [0.1, 0.15) is 20.8 Å². The van der Waals surface area contributed by atoms with Gasteiger partial charge in [0.2, 0.25) is 0 Å². The number of anilines is 2. The molecule has 3 rings (SSSR count). The predicted molar refractivity (Wildman–Crippen MR) is 114 cm³/mol. The summed E-state index contributed by atoms with van der Waals surface area (Å²) in [6, 6.07) is 7.32. The van der Waals surface area contributed by atoms with Crippen molar-refractivity contribution in [2.45, 2.75) is 31.3 Å². The first kappa shape index (κ1) is 22.8. The number of nitrogens with zero attached hydrogens (tertiary/aromatic N) is 4. The van der Waals surface area contributed by atoms with E-state index < -0.39 is 36.8 Å². The van der Waals surface area contributed by atoms with E-state index in [1.54, 1.807) is 26.8 Å². The van der Waals surface area contributed by atoms with E-state index in [-0.39, 0.29) is 21.8 Å². The number of fused-ring (bicyclic) bond motifs is 1. The molecule has 0 fully saturated rings. The molecule has 166 valence electrons. The number of pyridine rings is 1. The topological polar surface area (TPSA) is 161 Å². The fourth-order valence-electron chi connectivity index (χ4n) is 2.76. The van der Waals surface area contributed by atoms with Gasteiger partial charge in [-0.25, -0.2) is 4.98 Å². The lowest BCUT2D eigenvalue weighted by atomic mass is 10.1. The number of hydroxylamine groups is 2. The molecule has 31 heavy (non-hydrogen) atoms. The highest BCUT2D eigenvalue weighted by molar-refractivity contribution is 7.87. The molecule has 0 radical (unpaired) electrons. The maximum Gasteiger partial charge on any atom is 0.365 e. The molecule has 0 unspecified atom stereocenters. The van der Waals surface area contributed by atoms with Crippen LogP contribution < -0.4 is 14.7 Å². The van der Waals surface area contributed by atoms with Crippen LogP contribution in [0.3, 0.4) is 0 Å². The predicted octanol–water partition coefficient (Wildman–Crippen LogP) is 0.993. The van der Waals surface area contributed by atoms with Gasteiger partial charge in [-0.2, -0.15) is 21.1 Å². The lowest BCUT2D eigenvalue weighted by Crippen LogP contribution is -2.41. The zero-order valence-electron chi connectivity index (χ0n) is 16.7. The minimum Gasteiger partial charge on any atom is -0.288 e. The molecule has 0 spiro atoms. The third-order valence-corrected chi connectivity index (χ3v) is 5.88. The molecule has 3 N–H and O–H groups in total. The molecule has 13 heteroatoms. The summed E-state index contributed by atoms with van der Waals surface area (Å²) in [5.41, 5.74) is -0.966. The van der Waals surface area contributed by atoms with E-state index in [0.717, 1.165) is 11.3 Å². The van der Waals surface area contributed by atoms with Gasteiger partial charge in [0.25, 0.3) is 0 Å². The maximum atomic E-state index is 12.2. The summed E-state index contributed by atoms with van der Waals surface area (Å²) >= 11 is 0. The van der Waals surface area contributed by atoms with Crippen molar-refractivity contribution in [2.75, 3.05) is 4.31 Å². The van der Waals surface area contributed by atoms with Gasteiger partial charge in [-0.15, -0.1) is 0 Å². The summed E-state index contributed by atoms with van der Waals surface area (Å²) in [5, 5.41) is 9.99. The van der Waals surface area contributed by atoms with Crippen molar-refractivity contribution in [3.05, 3.63) is 40.8 Å². The Morgan fingerprint density at radius 1 is 1.03 bits per heavy atom. The largest absolute Gasteiger partial charge is 0.365 e. The Morgan fingerprint density at radius 2 is 1.65 bits per heavy atom. The fraction of sp³-hybridized carbons (Fsp3) is 0.222. The molecule has 2 heterocycles. The maximum absolute atomic E-state index is 12.2. The van der Waals surface area contributed by atoms with Gasteiger partial charge in [0, 0.05) is 22.9 Å². The zero-order chi connectivity index (χ0) is 23.2. The summed E-state index contributed by atoms with van der Waals surface area (Å²) in [7, 11) is -9.97. The third-order valence-electron chi connectivity index (χ3n) is 4.24. The summed E-state index contributed by atoms with van der Waals surface area (Å²) in [4.78, 5) is 7.90. The number of rotatable bonds is 5. The molecule has 0 bridgehead atoms. The van der Waals surface area contributed by atoms with Gasteiger partial charge in [-0.1, -0.05) is 18.2 Å². The molecule has 0 amide bonds. The first-order chi connectivity index (χ1) is 14.2. The van der Waals surface area contributed by atoms with Crippen molar-refractivity contribution in [1.29, 1.82) is 0 Å². The van der Waals surface area contributed by atoms with Crippen LogP contribution in [0.5, 0.6) is 0 Å². The van der Waals surface area contributed by atoms with Crippen LogP contribution in [0.4, 0.5) is 17.2 Å². The number of hydrogen-bond donors (Lipinski definition) is 3. The number of aromatic nitrogens is 1. The van der Waals surface area contributed by atoms with Crippen molar-refractivity contribution < 1.29 is 31.1 Å². The van der Waals surface area contributed by atoms with Gasteiger partial charge in [0.1, 0.15) is 5.69 Å². The Kier molecular flexibility index (Phi) is 5.67. The second-order valence-corrected chi connectivity index (χ2v) is 10.2. The van der Waals surface area contributed by atoms with Gasteiger partial charge in [0.05, 0.1) is 11.2 Å². The van der Waals surface area contributed by atoms with Crippen molar-refractivity contribution in [3.63, 3.8) is 0 Å². The highest BCUT2D eigenvalue weighted by atomic mass is 32.2. The van der Waals surface area contributed by atoms with Crippen molar-refractivity contribution >= 4 is 56.1 Å². The molecule has 2 aromatic rings. The molecule has 0 atom stereocenters. The highest BCUT2D eigenvalue weighted by Gasteiger charge is 2.31. The van der Waals surface area contributed by atoms with Gasteiger partial charge < -0.3 is 0 Å². The Balaban J connectivity index is 2.47. The summed E-state index contributed by atoms with van der Waals surface area (Å²) in [5.74, 6) is -0.543. The SMILES string of the molecule is CC(C)(C)N(O)C=c1c(S(=O)(=O)O)nc(N(c2ccccc2)S(=O)(=O)O)c2c1=CC=N2. The van der Waals surface area contributed by atoms with Crippen molar-refractivity contribution in [3.8, 4) is 0 Å². The number of hydrogen-bond acceptors (Lipinski definition) is 8. The van der Waals surface area contributed by atoms with Crippen molar-refractivity contribution in [1.82, 2.24) is 10.0 Å².